The lowest BCUT2D eigenvalue weighted by molar-refractivity contribution is -0.384. The molecule has 5 nitrogen and oxygen atoms in total. The van der Waals surface area contributed by atoms with E-state index in [1.807, 2.05) is 0 Å². The minimum Gasteiger partial charge on any atom is -0.525 e. The average molecular weight is 191 g/mol. The van der Waals surface area contributed by atoms with E-state index in [9.17, 15) is 10.1 Å². The van der Waals surface area contributed by atoms with Crippen molar-refractivity contribution < 1.29 is 14.2 Å². The number of non-ortho nitro benzene ring substituents is 1. The summed E-state index contributed by atoms with van der Waals surface area (Å²) in [6.45, 7) is 0. The molecule has 0 saturated carbocycles. The SMILES string of the molecule is O=[N+]([O-])c1cccc(B2OC=CO2)c1. The lowest BCUT2D eigenvalue weighted by Crippen LogP contribution is -2.31. The van der Waals surface area contributed by atoms with Gasteiger partial charge in [0.1, 0.15) is 0 Å². The second kappa shape index (κ2) is 3.41. The fraction of sp³-hybridized carbons (Fsp3) is 0. The number of nitro groups is 1. The molecule has 1 heterocycles. The molecule has 1 aliphatic heterocycles. The highest BCUT2D eigenvalue weighted by Crippen LogP contribution is 2.09. The van der Waals surface area contributed by atoms with E-state index >= 15 is 0 Å². The average Bonchev–Trinajstić information content (AvgIpc) is 2.71. The van der Waals surface area contributed by atoms with Crippen LogP contribution >= 0.6 is 0 Å². The third-order valence-electron chi connectivity index (χ3n) is 1.81. The Morgan fingerprint density at radius 2 is 2.00 bits per heavy atom. The topological polar surface area (TPSA) is 61.6 Å². The van der Waals surface area contributed by atoms with Crippen molar-refractivity contribution in [3.63, 3.8) is 0 Å². The molecule has 1 aromatic carbocycles. The summed E-state index contributed by atoms with van der Waals surface area (Å²) in [5.41, 5.74) is 0.658. The van der Waals surface area contributed by atoms with Crippen molar-refractivity contribution in [2.24, 2.45) is 0 Å². The Morgan fingerprint density at radius 1 is 1.29 bits per heavy atom. The molecule has 14 heavy (non-hydrogen) atoms. The maximum Gasteiger partial charge on any atom is 0.632 e. The van der Waals surface area contributed by atoms with Gasteiger partial charge in [-0.2, -0.15) is 0 Å². The Bertz CT molecular complexity index is 385. The van der Waals surface area contributed by atoms with Crippen LogP contribution in [0.1, 0.15) is 0 Å². The molecule has 0 amide bonds. The summed E-state index contributed by atoms with van der Waals surface area (Å²) >= 11 is 0. The van der Waals surface area contributed by atoms with Gasteiger partial charge < -0.3 is 9.31 Å². The van der Waals surface area contributed by atoms with Crippen LogP contribution in [-0.4, -0.2) is 12.0 Å². The minimum absolute atomic E-state index is 0.0293. The molecule has 0 N–H and O–H groups in total. The zero-order chi connectivity index (χ0) is 9.97. The number of benzene rings is 1. The highest BCUT2D eigenvalue weighted by molar-refractivity contribution is 6.62. The smallest absolute Gasteiger partial charge is 0.525 e. The summed E-state index contributed by atoms with van der Waals surface area (Å²) in [7, 11) is -0.560. The molecule has 1 aromatic rings. The third kappa shape index (κ3) is 1.54. The van der Waals surface area contributed by atoms with E-state index in [2.05, 4.69) is 0 Å². The summed E-state index contributed by atoms with van der Waals surface area (Å²) in [5.74, 6) is 0. The molecule has 0 radical (unpaired) electrons. The molecule has 0 fully saturated rings. The third-order valence-corrected chi connectivity index (χ3v) is 1.81. The molecule has 0 saturated heterocycles. The van der Waals surface area contributed by atoms with E-state index in [1.165, 1.54) is 24.7 Å². The Labute approximate surface area is 80.2 Å². The molecular formula is C8H6BNO4. The minimum atomic E-state index is -0.560. The van der Waals surface area contributed by atoms with Gasteiger partial charge in [0.05, 0.1) is 17.4 Å². The van der Waals surface area contributed by atoms with Crippen LogP contribution in [0, 0.1) is 10.1 Å². The van der Waals surface area contributed by atoms with Crippen molar-refractivity contribution in [1.29, 1.82) is 0 Å². The highest BCUT2D eigenvalue weighted by atomic mass is 16.6. The first-order valence-electron chi connectivity index (χ1n) is 3.97. The normalized spacial score (nSPS) is 13.6. The summed E-state index contributed by atoms with van der Waals surface area (Å²) < 4.78 is 10.1. The first kappa shape index (κ1) is 8.62. The number of hydrogen-bond acceptors (Lipinski definition) is 4. The fourth-order valence-corrected chi connectivity index (χ4v) is 1.18. The van der Waals surface area contributed by atoms with Crippen LogP contribution in [0.5, 0.6) is 0 Å². The summed E-state index contributed by atoms with van der Waals surface area (Å²) in [6.07, 6.45) is 2.81. The zero-order valence-corrected chi connectivity index (χ0v) is 7.12. The molecule has 0 aromatic heterocycles. The first-order valence-corrected chi connectivity index (χ1v) is 3.97. The Hall–Kier alpha value is -1.98. The summed E-state index contributed by atoms with van der Waals surface area (Å²) in [4.78, 5) is 10.0. The van der Waals surface area contributed by atoms with Gasteiger partial charge in [-0.1, -0.05) is 12.1 Å². The molecule has 70 valence electrons. The summed E-state index contributed by atoms with van der Waals surface area (Å²) in [5, 5.41) is 10.5. The van der Waals surface area contributed by atoms with Crippen molar-refractivity contribution in [1.82, 2.24) is 0 Å². The van der Waals surface area contributed by atoms with Gasteiger partial charge >= 0.3 is 7.12 Å². The van der Waals surface area contributed by atoms with Crippen molar-refractivity contribution in [3.05, 3.63) is 46.9 Å². The predicted octanol–water partition coefficient (Wildman–Crippen LogP) is 0.808. The maximum absolute atomic E-state index is 10.5. The molecular weight excluding hydrogens is 185 g/mol. The van der Waals surface area contributed by atoms with Gasteiger partial charge in [0.15, 0.2) is 0 Å². The van der Waals surface area contributed by atoms with Crippen molar-refractivity contribution >= 4 is 18.3 Å². The predicted molar refractivity (Wildman–Crippen MR) is 49.8 cm³/mol. The van der Waals surface area contributed by atoms with Crippen LogP contribution in [0.3, 0.4) is 0 Å². The van der Waals surface area contributed by atoms with Gasteiger partial charge in [-0.05, 0) is 0 Å². The van der Waals surface area contributed by atoms with Crippen molar-refractivity contribution in [3.8, 4) is 0 Å². The number of nitro benzene ring substituents is 1. The standard InChI is InChI=1S/C8H6BNO4/c11-10(12)8-3-1-2-7(6-8)9-13-4-5-14-9/h1-6H. The van der Waals surface area contributed by atoms with Crippen molar-refractivity contribution in [2.75, 3.05) is 0 Å². The monoisotopic (exact) mass is 191 g/mol. The molecule has 1 aliphatic rings. The summed E-state index contributed by atoms with van der Waals surface area (Å²) in [6, 6.07) is 6.16. The number of hydrogen-bond donors (Lipinski definition) is 0. The lowest BCUT2D eigenvalue weighted by atomic mass is 9.79. The van der Waals surface area contributed by atoms with E-state index in [0.29, 0.717) is 5.46 Å². The number of nitrogens with zero attached hydrogens (tertiary/aromatic N) is 1. The molecule has 0 bridgehead atoms. The zero-order valence-electron chi connectivity index (χ0n) is 7.12. The van der Waals surface area contributed by atoms with E-state index in [4.69, 9.17) is 9.31 Å². The number of rotatable bonds is 2. The van der Waals surface area contributed by atoms with Gasteiger partial charge in [-0.25, -0.2) is 0 Å². The van der Waals surface area contributed by atoms with E-state index < -0.39 is 12.0 Å². The quantitative estimate of drug-likeness (QED) is 0.394. The molecule has 0 spiro atoms. The fourth-order valence-electron chi connectivity index (χ4n) is 1.18. The van der Waals surface area contributed by atoms with Crippen LogP contribution in [0.4, 0.5) is 5.69 Å². The van der Waals surface area contributed by atoms with Gasteiger partial charge in [-0.3, -0.25) is 10.1 Å². The molecule has 0 atom stereocenters. The van der Waals surface area contributed by atoms with Crippen molar-refractivity contribution in [2.45, 2.75) is 0 Å². The van der Waals surface area contributed by atoms with Crippen LogP contribution in [-0.2, 0) is 9.31 Å². The Balaban J connectivity index is 2.26. The van der Waals surface area contributed by atoms with Crippen LogP contribution in [0.15, 0.2) is 36.8 Å². The molecule has 0 aliphatic carbocycles. The molecule has 6 heteroatoms. The second-order valence-electron chi connectivity index (χ2n) is 2.73. The van der Waals surface area contributed by atoms with Gasteiger partial charge in [0.2, 0.25) is 0 Å². The first-order chi connectivity index (χ1) is 6.77. The second-order valence-corrected chi connectivity index (χ2v) is 2.73. The van der Waals surface area contributed by atoms with E-state index in [0.717, 1.165) is 0 Å². The van der Waals surface area contributed by atoms with Gasteiger partial charge in [0, 0.05) is 17.6 Å². The van der Waals surface area contributed by atoms with Gasteiger partial charge in [-0.15, -0.1) is 0 Å². The largest absolute Gasteiger partial charge is 0.632 e. The molecule has 0 unspecified atom stereocenters. The van der Waals surface area contributed by atoms with E-state index in [-0.39, 0.29) is 5.69 Å². The molecule has 2 rings (SSSR count). The van der Waals surface area contributed by atoms with E-state index in [1.54, 1.807) is 12.1 Å². The van der Waals surface area contributed by atoms with Crippen LogP contribution in [0.25, 0.3) is 0 Å². The highest BCUT2D eigenvalue weighted by Gasteiger charge is 2.27. The maximum atomic E-state index is 10.5. The Morgan fingerprint density at radius 3 is 2.64 bits per heavy atom. The van der Waals surface area contributed by atoms with Crippen LogP contribution in [0.2, 0.25) is 0 Å². The lowest BCUT2D eigenvalue weighted by Gasteiger charge is -2.03. The van der Waals surface area contributed by atoms with Gasteiger partial charge in [0.25, 0.3) is 5.69 Å². The van der Waals surface area contributed by atoms with Crippen LogP contribution < -0.4 is 5.46 Å². The Kier molecular flexibility index (Phi) is 2.10.